The van der Waals surface area contributed by atoms with Crippen molar-refractivity contribution in [1.29, 1.82) is 0 Å². The second kappa shape index (κ2) is 4.72. The van der Waals surface area contributed by atoms with Crippen molar-refractivity contribution in [2.75, 3.05) is 0 Å². The van der Waals surface area contributed by atoms with Gasteiger partial charge in [0.1, 0.15) is 11.2 Å². The number of aromatic nitrogens is 2. The lowest BCUT2D eigenvalue weighted by molar-refractivity contribution is -0.145. The number of aliphatic carboxylic acids is 1. The first-order valence-electron chi connectivity index (χ1n) is 5.85. The van der Waals surface area contributed by atoms with Crippen LogP contribution >= 0.6 is 0 Å². The quantitative estimate of drug-likeness (QED) is 0.854. The van der Waals surface area contributed by atoms with Crippen molar-refractivity contribution in [1.82, 2.24) is 14.7 Å². The molecule has 0 aliphatic heterocycles. The summed E-state index contributed by atoms with van der Waals surface area (Å²) >= 11 is 0. The van der Waals surface area contributed by atoms with Gasteiger partial charge in [0.25, 0.3) is 0 Å². The van der Waals surface area contributed by atoms with E-state index in [1.54, 1.807) is 6.20 Å². The molecule has 2 aromatic rings. The highest BCUT2D eigenvalue weighted by atomic mass is 16.4. The minimum Gasteiger partial charge on any atom is -0.480 e. The van der Waals surface area contributed by atoms with Crippen LogP contribution in [0.4, 0.5) is 0 Å². The average molecular weight is 261 g/mol. The minimum absolute atomic E-state index is 0.0540. The fourth-order valence-corrected chi connectivity index (χ4v) is 1.68. The van der Waals surface area contributed by atoms with Crippen LogP contribution in [0.5, 0.6) is 0 Å². The van der Waals surface area contributed by atoms with E-state index in [4.69, 9.17) is 5.11 Å². The molecule has 2 aromatic heterocycles. The Kier molecular flexibility index (Phi) is 3.25. The molecular formula is C13H15N3O3. The number of amides is 1. The van der Waals surface area contributed by atoms with Crippen LogP contribution in [0.3, 0.4) is 0 Å². The van der Waals surface area contributed by atoms with Crippen molar-refractivity contribution in [3.05, 3.63) is 36.3 Å². The van der Waals surface area contributed by atoms with Crippen LogP contribution < -0.4 is 5.32 Å². The smallest absolute Gasteiger partial charge is 0.328 e. The van der Waals surface area contributed by atoms with Gasteiger partial charge in [-0.05, 0) is 26.0 Å². The summed E-state index contributed by atoms with van der Waals surface area (Å²) in [4.78, 5) is 27.0. The molecule has 6 nitrogen and oxygen atoms in total. The summed E-state index contributed by atoms with van der Waals surface area (Å²) in [6.45, 7) is 2.88. The maximum absolute atomic E-state index is 11.8. The van der Waals surface area contributed by atoms with E-state index in [0.29, 0.717) is 5.69 Å². The summed E-state index contributed by atoms with van der Waals surface area (Å²) in [5, 5.41) is 11.4. The Bertz CT molecular complexity index is 598. The first-order valence-corrected chi connectivity index (χ1v) is 5.85. The number of fused-ring (bicyclic) bond motifs is 1. The topological polar surface area (TPSA) is 83.7 Å². The second-order valence-electron chi connectivity index (χ2n) is 4.85. The van der Waals surface area contributed by atoms with Gasteiger partial charge in [-0.25, -0.2) is 9.78 Å². The number of nitrogens with one attached hydrogen (secondary N) is 1. The van der Waals surface area contributed by atoms with Crippen LogP contribution in [0.15, 0.2) is 30.6 Å². The third-order valence-electron chi connectivity index (χ3n) is 2.74. The molecule has 0 unspecified atom stereocenters. The molecule has 0 fully saturated rings. The highest BCUT2D eigenvalue weighted by Gasteiger charge is 2.28. The number of imidazole rings is 1. The molecule has 1 amide bonds. The summed E-state index contributed by atoms with van der Waals surface area (Å²) in [5.41, 5.74) is 0.0728. The predicted octanol–water partition coefficient (Wildman–Crippen LogP) is 0.856. The van der Waals surface area contributed by atoms with Crippen LogP contribution in [-0.2, 0) is 16.0 Å². The number of nitrogens with zero attached hydrogens (tertiary/aromatic N) is 2. The maximum Gasteiger partial charge on any atom is 0.328 e. The third kappa shape index (κ3) is 2.90. The van der Waals surface area contributed by atoms with Crippen molar-refractivity contribution < 1.29 is 14.7 Å². The van der Waals surface area contributed by atoms with E-state index in [-0.39, 0.29) is 12.3 Å². The van der Waals surface area contributed by atoms with Crippen molar-refractivity contribution in [3.8, 4) is 0 Å². The molecule has 0 spiro atoms. The number of carbonyl (C=O) groups excluding carboxylic acids is 1. The van der Waals surface area contributed by atoms with Crippen molar-refractivity contribution in [3.63, 3.8) is 0 Å². The van der Waals surface area contributed by atoms with Gasteiger partial charge in [0.2, 0.25) is 5.91 Å². The number of carboxylic acids is 1. The molecule has 0 aliphatic carbocycles. The van der Waals surface area contributed by atoms with Gasteiger partial charge in [0, 0.05) is 12.4 Å². The molecule has 6 heteroatoms. The van der Waals surface area contributed by atoms with E-state index in [1.165, 1.54) is 13.8 Å². The van der Waals surface area contributed by atoms with Crippen LogP contribution in [0.2, 0.25) is 0 Å². The summed E-state index contributed by atoms with van der Waals surface area (Å²) in [6.07, 6.45) is 3.64. The molecule has 2 N–H and O–H groups in total. The van der Waals surface area contributed by atoms with E-state index in [0.717, 1.165) is 5.65 Å². The van der Waals surface area contributed by atoms with Gasteiger partial charge in [0.05, 0.1) is 12.1 Å². The Morgan fingerprint density at radius 1 is 1.42 bits per heavy atom. The summed E-state index contributed by atoms with van der Waals surface area (Å²) in [5.74, 6) is -1.44. The average Bonchev–Trinajstić information content (AvgIpc) is 2.69. The largest absolute Gasteiger partial charge is 0.480 e. The highest BCUT2D eigenvalue weighted by molar-refractivity contribution is 5.87. The Balaban J connectivity index is 2.09. The Hall–Kier alpha value is -2.37. The van der Waals surface area contributed by atoms with Crippen LogP contribution in [-0.4, -0.2) is 31.9 Å². The van der Waals surface area contributed by atoms with Crippen LogP contribution in [0, 0.1) is 0 Å². The van der Waals surface area contributed by atoms with E-state index in [1.807, 2.05) is 28.8 Å². The number of carboxylic acid groups (broad SMARTS) is 1. The molecule has 0 aromatic carbocycles. The Morgan fingerprint density at radius 3 is 2.79 bits per heavy atom. The second-order valence-corrected chi connectivity index (χ2v) is 4.85. The Morgan fingerprint density at radius 2 is 2.16 bits per heavy atom. The minimum atomic E-state index is -1.28. The first-order chi connectivity index (χ1) is 8.88. The number of hydrogen-bond donors (Lipinski definition) is 2. The van der Waals surface area contributed by atoms with Gasteiger partial charge in [-0.15, -0.1) is 0 Å². The van der Waals surface area contributed by atoms with Crippen molar-refractivity contribution >= 4 is 17.5 Å². The zero-order valence-electron chi connectivity index (χ0n) is 10.8. The van der Waals surface area contributed by atoms with Gasteiger partial charge in [-0.1, -0.05) is 6.07 Å². The molecule has 2 heterocycles. The lowest BCUT2D eigenvalue weighted by Gasteiger charge is -2.20. The monoisotopic (exact) mass is 261 g/mol. The van der Waals surface area contributed by atoms with Crippen LogP contribution in [0.1, 0.15) is 19.5 Å². The fourth-order valence-electron chi connectivity index (χ4n) is 1.68. The van der Waals surface area contributed by atoms with E-state index in [9.17, 15) is 9.59 Å². The zero-order valence-corrected chi connectivity index (χ0v) is 10.8. The van der Waals surface area contributed by atoms with Crippen molar-refractivity contribution in [2.45, 2.75) is 25.8 Å². The zero-order chi connectivity index (χ0) is 14.0. The fraction of sp³-hybridized carbons (Fsp3) is 0.308. The van der Waals surface area contributed by atoms with E-state index in [2.05, 4.69) is 10.3 Å². The molecular weight excluding hydrogens is 246 g/mol. The SMILES string of the molecule is CC(C)(NC(=O)Cc1cn2ccccc2n1)C(=O)O. The van der Waals surface area contributed by atoms with E-state index < -0.39 is 11.5 Å². The molecule has 0 bridgehead atoms. The van der Waals surface area contributed by atoms with Crippen LogP contribution in [0.25, 0.3) is 5.65 Å². The summed E-state index contributed by atoms with van der Waals surface area (Å²) < 4.78 is 1.81. The third-order valence-corrected chi connectivity index (χ3v) is 2.74. The van der Waals surface area contributed by atoms with E-state index >= 15 is 0 Å². The summed E-state index contributed by atoms with van der Waals surface area (Å²) in [6, 6.07) is 5.56. The number of rotatable bonds is 4. The van der Waals surface area contributed by atoms with Crippen molar-refractivity contribution in [2.24, 2.45) is 0 Å². The molecule has 19 heavy (non-hydrogen) atoms. The lowest BCUT2D eigenvalue weighted by Crippen LogP contribution is -2.50. The summed E-state index contributed by atoms with van der Waals surface area (Å²) in [7, 11) is 0. The molecule has 0 saturated heterocycles. The lowest BCUT2D eigenvalue weighted by atomic mass is 10.1. The molecule has 0 saturated carbocycles. The van der Waals surface area contributed by atoms with Gasteiger partial charge in [0.15, 0.2) is 0 Å². The Labute approximate surface area is 110 Å². The van der Waals surface area contributed by atoms with Gasteiger partial charge < -0.3 is 14.8 Å². The first kappa shape index (κ1) is 13.1. The number of pyridine rings is 1. The van der Waals surface area contributed by atoms with Gasteiger partial charge in [-0.2, -0.15) is 0 Å². The maximum atomic E-state index is 11.8. The standard InChI is InChI=1S/C13H15N3O3/c1-13(2,12(18)19)15-11(17)7-9-8-16-6-4-3-5-10(16)14-9/h3-6,8H,7H2,1-2H3,(H,15,17)(H,18,19). The molecule has 2 rings (SSSR count). The number of carbonyl (C=O) groups is 2. The number of hydrogen-bond acceptors (Lipinski definition) is 3. The van der Waals surface area contributed by atoms with Gasteiger partial charge in [-0.3, -0.25) is 4.79 Å². The predicted molar refractivity (Wildman–Crippen MR) is 68.8 cm³/mol. The molecule has 0 radical (unpaired) electrons. The van der Waals surface area contributed by atoms with Gasteiger partial charge >= 0.3 is 5.97 Å². The molecule has 0 atom stereocenters. The normalized spacial score (nSPS) is 11.5. The highest BCUT2D eigenvalue weighted by Crippen LogP contribution is 2.07. The molecule has 100 valence electrons. The molecule has 0 aliphatic rings.